The third kappa shape index (κ3) is 2.73. The van der Waals surface area contributed by atoms with E-state index < -0.39 is 0 Å². The first kappa shape index (κ1) is 15.6. The minimum atomic E-state index is 0.581. The van der Waals surface area contributed by atoms with E-state index in [1.807, 2.05) is 0 Å². The fourth-order valence-corrected chi connectivity index (χ4v) is 5.13. The molecule has 3 aliphatic rings. The largest absolute Gasteiger partial charge is 0.361 e. The first-order valence-corrected chi connectivity index (χ1v) is 10.0. The highest BCUT2D eigenvalue weighted by atomic mass is 16.5. The molecule has 134 valence electrons. The van der Waals surface area contributed by atoms with Crippen LogP contribution in [0.4, 0.5) is 0 Å². The Morgan fingerprint density at radius 2 is 1.92 bits per heavy atom. The second kappa shape index (κ2) is 6.27. The molecule has 1 unspecified atom stereocenters. The van der Waals surface area contributed by atoms with Crippen molar-refractivity contribution in [2.75, 3.05) is 13.1 Å². The van der Waals surface area contributed by atoms with Gasteiger partial charge in [-0.15, -0.1) is 0 Å². The second-order valence-corrected chi connectivity index (χ2v) is 8.05. The smallest absolute Gasteiger partial charge is 0.140 e. The Balaban J connectivity index is 1.32. The van der Waals surface area contributed by atoms with Crippen LogP contribution in [-0.4, -0.2) is 32.7 Å². The Kier molecular flexibility index (Phi) is 3.92. The van der Waals surface area contributed by atoms with Crippen LogP contribution in [0.3, 0.4) is 0 Å². The molecular formula is C20H28N4O. The van der Waals surface area contributed by atoms with Crippen LogP contribution >= 0.6 is 0 Å². The summed E-state index contributed by atoms with van der Waals surface area (Å²) in [6.07, 6.45) is 11.0. The number of aryl methyl sites for hydroxylation is 3. The molecule has 0 bridgehead atoms. The lowest BCUT2D eigenvalue weighted by Crippen LogP contribution is -2.23. The highest BCUT2D eigenvalue weighted by molar-refractivity contribution is 5.26. The summed E-state index contributed by atoms with van der Waals surface area (Å²) in [5.41, 5.74) is 5.49. The number of hydrogen-bond donors (Lipinski definition) is 0. The zero-order valence-corrected chi connectivity index (χ0v) is 15.3. The molecule has 25 heavy (non-hydrogen) atoms. The highest BCUT2D eigenvalue weighted by Gasteiger charge is 2.30. The van der Waals surface area contributed by atoms with Crippen LogP contribution in [0.15, 0.2) is 4.52 Å². The Morgan fingerprint density at radius 3 is 2.88 bits per heavy atom. The van der Waals surface area contributed by atoms with Gasteiger partial charge in [0.05, 0.1) is 5.69 Å². The maximum Gasteiger partial charge on any atom is 0.140 e. The van der Waals surface area contributed by atoms with Gasteiger partial charge in [0, 0.05) is 43.4 Å². The molecule has 5 rings (SSSR count). The van der Waals surface area contributed by atoms with Crippen LogP contribution in [0.25, 0.3) is 0 Å². The molecule has 2 aliphatic carbocycles. The fraction of sp³-hybridized carbons (Fsp3) is 0.700. The summed E-state index contributed by atoms with van der Waals surface area (Å²) in [7, 11) is 0. The van der Waals surface area contributed by atoms with Gasteiger partial charge in [-0.3, -0.25) is 4.90 Å². The molecule has 1 atom stereocenters. The van der Waals surface area contributed by atoms with Crippen molar-refractivity contribution in [3.63, 3.8) is 0 Å². The van der Waals surface area contributed by atoms with Crippen LogP contribution < -0.4 is 0 Å². The van der Waals surface area contributed by atoms with E-state index in [9.17, 15) is 0 Å². The molecule has 3 heterocycles. The molecule has 1 fully saturated rings. The first-order valence-electron chi connectivity index (χ1n) is 10.0. The van der Waals surface area contributed by atoms with Crippen molar-refractivity contribution in [2.24, 2.45) is 0 Å². The monoisotopic (exact) mass is 340 g/mol. The summed E-state index contributed by atoms with van der Waals surface area (Å²) in [5.74, 6) is 2.37. The lowest BCUT2D eigenvalue weighted by Gasteiger charge is -2.21. The molecule has 2 aromatic heterocycles. The molecule has 1 aliphatic heterocycles. The molecule has 5 heteroatoms. The summed E-state index contributed by atoms with van der Waals surface area (Å²) in [6, 6.07) is 0.581. The molecule has 1 saturated heterocycles. The van der Waals surface area contributed by atoms with E-state index >= 15 is 0 Å². The van der Waals surface area contributed by atoms with Crippen molar-refractivity contribution in [3.8, 4) is 0 Å². The van der Waals surface area contributed by atoms with Crippen molar-refractivity contribution < 1.29 is 4.52 Å². The second-order valence-electron chi connectivity index (χ2n) is 8.05. The van der Waals surface area contributed by atoms with Crippen LogP contribution in [-0.2, 0) is 32.2 Å². The molecule has 5 nitrogen and oxygen atoms in total. The third-order valence-electron chi connectivity index (χ3n) is 6.36. The van der Waals surface area contributed by atoms with Crippen LogP contribution in [0.1, 0.15) is 72.4 Å². The Labute approximate surface area is 149 Å². The van der Waals surface area contributed by atoms with E-state index in [0.29, 0.717) is 6.04 Å². The van der Waals surface area contributed by atoms with Gasteiger partial charge in [0.25, 0.3) is 0 Å². The first-order chi connectivity index (χ1) is 12.3. The van der Waals surface area contributed by atoms with Crippen molar-refractivity contribution in [2.45, 2.75) is 77.3 Å². The molecule has 0 radical (unpaired) electrons. The van der Waals surface area contributed by atoms with Crippen LogP contribution in [0.2, 0.25) is 0 Å². The van der Waals surface area contributed by atoms with Crippen LogP contribution in [0.5, 0.6) is 0 Å². The minimum Gasteiger partial charge on any atom is -0.361 e. The van der Waals surface area contributed by atoms with Gasteiger partial charge in [0.1, 0.15) is 17.3 Å². The molecule has 0 amide bonds. The van der Waals surface area contributed by atoms with E-state index in [-0.39, 0.29) is 0 Å². The summed E-state index contributed by atoms with van der Waals surface area (Å²) in [6.45, 7) is 5.41. The van der Waals surface area contributed by atoms with Gasteiger partial charge >= 0.3 is 0 Å². The average Bonchev–Trinajstić information content (AvgIpc) is 3.32. The van der Waals surface area contributed by atoms with Gasteiger partial charge in [0.15, 0.2) is 0 Å². The lowest BCUT2D eigenvalue weighted by atomic mass is 9.96. The van der Waals surface area contributed by atoms with E-state index in [4.69, 9.17) is 9.51 Å². The minimum absolute atomic E-state index is 0.581. The number of nitrogens with zero attached hydrogens (tertiary/aromatic N) is 4. The Hall–Kier alpha value is -1.62. The zero-order valence-electron chi connectivity index (χ0n) is 15.3. The van der Waals surface area contributed by atoms with Gasteiger partial charge in [-0.05, 0) is 58.3 Å². The number of likely N-dealkylation sites (tertiary alicyclic amines) is 1. The topological polar surface area (TPSA) is 47.1 Å². The number of aromatic nitrogens is 3. The average molecular weight is 340 g/mol. The Bertz CT molecular complexity index is 775. The normalized spacial score (nSPS) is 23.6. The van der Waals surface area contributed by atoms with Gasteiger partial charge in [-0.1, -0.05) is 5.16 Å². The lowest BCUT2D eigenvalue weighted by molar-refractivity contribution is 0.297. The number of imidazole rings is 1. The maximum atomic E-state index is 5.60. The maximum absolute atomic E-state index is 5.60. The molecule has 0 aromatic carbocycles. The van der Waals surface area contributed by atoms with Gasteiger partial charge in [-0.2, -0.15) is 0 Å². The molecule has 0 spiro atoms. The molecular weight excluding hydrogens is 312 g/mol. The predicted octanol–water partition coefficient (Wildman–Crippen LogP) is 3.38. The summed E-state index contributed by atoms with van der Waals surface area (Å²) < 4.78 is 8.16. The quantitative estimate of drug-likeness (QED) is 0.859. The fourth-order valence-electron chi connectivity index (χ4n) is 5.13. The van der Waals surface area contributed by atoms with E-state index in [2.05, 4.69) is 21.5 Å². The molecule has 0 saturated carbocycles. The van der Waals surface area contributed by atoms with E-state index in [1.165, 1.54) is 73.4 Å². The summed E-state index contributed by atoms with van der Waals surface area (Å²) >= 11 is 0. The molecule has 0 N–H and O–H groups in total. The van der Waals surface area contributed by atoms with Crippen molar-refractivity contribution in [3.05, 3.63) is 34.2 Å². The Morgan fingerprint density at radius 1 is 1.08 bits per heavy atom. The van der Waals surface area contributed by atoms with Crippen LogP contribution in [0, 0.1) is 6.92 Å². The molecule has 2 aromatic rings. The van der Waals surface area contributed by atoms with E-state index in [1.54, 1.807) is 0 Å². The van der Waals surface area contributed by atoms with Gasteiger partial charge in [-0.25, -0.2) is 4.98 Å². The van der Waals surface area contributed by atoms with Gasteiger partial charge < -0.3 is 9.09 Å². The predicted molar refractivity (Wildman–Crippen MR) is 95.7 cm³/mol. The van der Waals surface area contributed by atoms with Gasteiger partial charge in [0.2, 0.25) is 0 Å². The third-order valence-corrected chi connectivity index (χ3v) is 6.36. The number of hydrogen-bond acceptors (Lipinski definition) is 4. The number of rotatable bonds is 3. The zero-order chi connectivity index (χ0) is 16.8. The van der Waals surface area contributed by atoms with Crippen molar-refractivity contribution in [1.29, 1.82) is 0 Å². The number of fused-ring (bicyclic) bond motifs is 2. The van der Waals surface area contributed by atoms with Crippen molar-refractivity contribution in [1.82, 2.24) is 19.6 Å². The van der Waals surface area contributed by atoms with Crippen molar-refractivity contribution >= 4 is 0 Å². The standard InChI is InChI=1S/C20H28N4O/c1-14-21-17-7-3-4-8-19(17)24(14)15-10-11-23(12-15)13-18-16-6-2-5-9-20(16)25-22-18/h15H,2-13H2,1H3. The SMILES string of the molecule is Cc1nc2c(n1C1CCN(Cc3noc4c3CCCC4)C1)CCCC2. The summed E-state index contributed by atoms with van der Waals surface area (Å²) in [5, 5.41) is 4.40. The van der Waals surface area contributed by atoms with E-state index in [0.717, 1.165) is 38.2 Å². The summed E-state index contributed by atoms with van der Waals surface area (Å²) in [4.78, 5) is 7.43. The highest BCUT2D eigenvalue weighted by Crippen LogP contribution is 2.32.